The molecule has 2 amide bonds. The van der Waals surface area contributed by atoms with Gasteiger partial charge in [0.05, 0.1) is 5.92 Å². The Morgan fingerprint density at radius 2 is 2.11 bits per heavy atom. The molecule has 1 aromatic carbocycles. The molecule has 0 spiro atoms. The quantitative estimate of drug-likeness (QED) is 0.808. The molecule has 142 valence electrons. The highest BCUT2D eigenvalue weighted by molar-refractivity contribution is 6.00. The van der Waals surface area contributed by atoms with Gasteiger partial charge in [-0.3, -0.25) is 14.4 Å². The zero-order valence-electron chi connectivity index (χ0n) is 15.4. The summed E-state index contributed by atoms with van der Waals surface area (Å²) in [6.45, 7) is 5.41. The van der Waals surface area contributed by atoms with Crippen molar-refractivity contribution in [2.24, 2.45) is 5.92 Å². The molecule has 1 fully saturated rings. The van der Waals surface area contributed by atoms with E-state index in [2.05, 4.69) is 10.5 Å². The van der Waals surface area contributed by atoms with Gasteiger partial charge in [-0.15, -0.1) is 0 Å². The van der Waals surface area contributed by atoms with Crippen LogP contribution in [0.15, 0.2) is 28.8 Å². The van der Waals surface area contributed by atoms with Gasteiger partial charge in [-0.1, -0.05) is 17.3 Å². The van der Waals surface area contributed by atoms with E-state index in [-0.39, 0.29) is 24.7 Å². The molecule has 1 atom stereocenters. The van der Waals surface area contributed by atoms with Gasteiger partial charge in [0.2, 0.25) is 5.91 Å². The summed E-state index contributed by atoms with van der Waals surface area (Å²) in [6, 6.07) is 7.27. The highest BCUT2D eigenvalue weighted by Gasteiger charge is 2.37. The molecular formula is C19H21N3O5. The van der Waals surface area contributed by atoms with Gasteiger partial charge < -0.3 is 19.5 Å². The molecule has 8 nitrogen and oxygen atoms in total. The lowest BCUT2D eigenvalue weighted by atomic mass is 10.1. The van der Waals surface area contributed by atoms with Gasteiger partial charge in [-0.2, -0.15) is 0 Å². The van der Waals surface area contributed by atoms with Crippen molar-refractivity contribution in [1.29, 1.82) is 0 Å². The van der Waals surface area contributed by atoms with E-state index in [0.717, 1.165) is 16.8 Å². The Morgan fingerprint density at radius 1 is 1.33 bits per heavy atom. The maximum absolute atomic E-state index is 12.4. The molecule has 1 aliphatic rings. The van der Waals surface area contributed by atoms with Crippen LogP contribution in [0.1, 0.15) is 23.3 Å². The van der Waals surface area contributed by atoms with Gasteiger partial charge in [0.25, 0.3) is 5.91 Å². The molecule has 0 aliphatic carbocycles. The van der Waals surface area contributed by atoms with Crippen molar-refractivity contribution >= 4 is 29.3 Å². The number of carbonyl (C=O) groups is 3. The minimum Gasteiger partial charge on any atom is -0.455 e. The molecule has 1 aromatic heterocycles. The summed E-state index contributed by atoms with van der Waals surface area (Å²) in [5.41, 5.74) is 2.88. The van der Waals surface area contributed by atoms with Crippen LogP contribution >= 0.6 is 0 Å². The first-order chi connectivity index (χ1) is 12.8. The number of nitrogens with zero attached hydrogens (tertiary/aromatic N) is 2. The monoisotopic (exact) mass is 371 g/mol. The fourth-order valence-electron chi connectivity index (χ4n) is 2.99. The first-order valence-corrected chi connectivity index (χ1v) is 8.61. The number of benzene rings is 1. The fourth-order valence-corrected chi connectivity index (χ4v) is 2.99. The van der Waals surface area contributed by atoms with Crippen LogP contribution in [0.4, 0.5) is 11.5 Å². The van der Waals surface area contributed by atoms with Gasteiger partial charge >= 0.3 is 5.97 Å². The number of anilines is 2. The lowest BCUT2D eigenvalue weighted by molar-refractivity contribution is -0.151. The third-order valence-electron chi connectivity index (χ3n) is 4.57. The highest BCUT2D eigenvalue weighted by atomic mass is 16.5. The Labute approximate surface area is 156 Å². The minimum absolute atomic E-state index is 0.0658. The topological polar surface area (TPSA) is 102 Å². The van der Waals surface area contributed by atoms with E-state index in [1.54, 1.807) is 17.9 Å². The van der Waals surface area contributed by atoms with E-state index in [1.165, 1.54) is 0 Å². The maximum atomic E-state index is 12.4. The second kappa shape index (κ2) is 7.61. The van der Waals surface area contributed by atoms with Crippen LogP contribution in [-0.4, -0.2) is 36.1 Å². The Kier molecular flexibility index (Phi) is 5.25. The van der Waals surface area contributed by atoms with Crippen LogP contribution in [-0.2, 0) is 19.1 Å². The van der Waals surface area contributed by atoms with Gasteiger partial charge in [0, 0.05) is 24.7 Å². The zero-order chi connectivity index (χ0) is 19.6. The number of aromatic nitrogens is 1. The van der Waals surface area contributed by atoms with E-state index >= 15 is 0 Å². The largest absolute Gasteiger partial charge is 0.455 e. The molecule has 1 saturated heterocycles. The minimum atomic E-state index is -0.598. The number of carbonyl (C=O) groups excluding carboxylic acids is 3. The van der Waals surface area contributed by atoms with Crippen molar-refractivity contribution in [3.63, 3.8) is 0 Å². The molecule has 2 aromatic rings. The van der Waals surface area contributed by atoms with Crippen molar-refractivity contribution < 1.29 is 23.6 Å². The maximum Gasteiger partial charge on any atom is 0.311 e. The predicted molar refractivity (Wildman–Crippen MR) is 97.2 cm³/mol. The average Bonchev–Trinajstić information content (AvgIpc) is 3.21. The lowest BCUT2D eigenvalue weighted by Gasteiger charge is -2.20. The van der Waals surface area contributed by atoms with Crippen molar-refractivity contribution in [2.45, 2.75) is 27.2 Å². The fraction of sp³-hybridized carbons (Fsp3) is 0.368. The van der Waals surface area contributed by atoms with E-state index in [9.17, 15) is 14.4 Å². The Bertz CT molecular complexity index is 889. The molecule has 0 radical (unpaired) electrons. The second-order valence-corrected chi connectivity index (χ2v) is 6.60. The summed E-state index contributed by atoms with van der Waals surface area (Å²) >= 11 is 0. The molecule has 8 heteroatoms. The van der Waals surface area contributed by atoms with Crippen LogP contribution in [0.3, 0.4) is 0 Å². The zero-order valence-corrected chi connectivity index (χ0v) is 15.4. The number of ether oxygens (including phenoxy) is 1. The molecule has 1 aliphatic heterocycles. The third kappa shape index (κ3) is 4.16. The molecule has 3 rings (SSSR count). The summed E-state index contributed by atoms with van der Waals surface area (Å²) in [5.74, 6) is -1.01. The van der Waals surface area contributed by atoms with Gasteiger partial charge in [0.15, 0.2) is 12.4 Å². The van der Waals surface area contributed by atoms with Crippen molar-refractivity contribution in [2.75, 3.05) is 23.4 Å². The average molecular weight is 371 g/mol. The molecule has 0 saturated carbocycles. The van der Waals surface area contributed by atoms with Crippen molar-refractivity contribution in [1.82, 2.24) is 5.16 Å². The number of amides is 2. The number of rotatable bonds is 5. The Balaban J connectivity index is 1.56. The van der Waals surface area contributed by atoms with E-state index < -0.39 is 24.4 Å². The predicted octanol–water partition coefficient (Wildman–Crippen LogP) is 2.13. The SMILES string of the molecule is Cc1cc(NC(=O)COC(=O)[C@H]2CC(=O)N(c3cccc(C)c3C)C2)no1. The van der Waals surface area contributed by atoms with Crippen LogP contribution in [0, 0.1) is 26.7 Å². The smallest absolute Gasteiger partial charge is 0.311 e. The number of hydrogen-bond donors (Lipinski definition) is 1. The van der Waals surface area contributed by atoms with Crippen molar-refractivity contribution in [3.8, 4) is 0 Å². The lowest BCUT2D eigenvalue weighted by Crippen LogP contribution is -2.28. The first kappa shape index (κ1) is 18.6. The number of nitrogens with one attached hydrogen (secondary N) is 1. The van der Waals surface area contributed by atoms with E-state index in [4.69, 9.17) is 9.26 Å². The molecule has 0 unspecified atom stereocenters. The van der Waals surface area contributed by atoms with E-state index in [1.807, 2.05) is 32.0 Å². The first-order valence-electron chi connectivity index (χ1n) is 8.61. The van der Waals surface area contributed by atoms with Gasteiger partial charge in [-0.05, 0) is 38.0 Å². The number of aryl methyl sites for hydroxylation is 2. The molecule has 27 heavy (non-hydrogen) atoms. The van der Waals surface area contributed by atoms with Crippen LogP contribution in [0.25, 0.3) is 0 Å². The summed E-state index contributed by atoms with van der Waals surface area (Å²) < 4.78 is 9.91. The Morgan fingerprint density at radius 3 is 2.81 bits per heavy atom. The van der Waals surface area contributed by atoms with Gasteiger partial charge in [0.1, 0.15) is 5.76 Å². The van der Waals surface area contributed by atoms with Crippen LogP contribution < -0.4 is 10.2 Å². The molecule has 2 heterocycles. The molecule has 1 N–H and O–H groups in total. The third-order valence-corrected chi connectivity index (χ3v) is 4.57. The number of esters is 1. The summed E-state index contributed by atoms with van der Waals surface area (Å²) in [4.78, 5) is 38.0. The second-order valence-electron chi connectivity index (χ2n) is 6.60. The van der Waals surface area contributed by atoms with E-state index in [0.29, 0.717) is 5.76 Å². The van der Waals surface area contributed by atoms with Crippen LogP contribution in [0.5, 0.6) is 0 Å². The summed E-state index contributed by atoms with van der Waals surface area (Å²) in [6.07, 6.45) is 0.0658. The van der Waals surface area contributed by atoms with Crippen LogP contribution in [0.2, 0.25) is 0 Å². The van der Waals surface area contributed by atoms with Gasteiger partial charge in [-0.25, -0.2) is 0 Å². The standard InChI is InChI=1S/C19H21N3O5/c1-11-5-4-6-15(13(11)3)22-9-14(8-18(22)24)19(25)26-10-17(23)20-16-7-12(2)27-21-16/h4-7,14H,8-10H2,1-3H3,(H,20,21,23)/t14-/m0/s1. The molecular weight excluding hydrogens is 350 g/mol. The molecule has 0 bridgehead atoms. The Hall–Kier alpha value is -3.16. The summed E-state index contributed by atoms with van der Waals surface area (Å²) in [7, 11) is 0. The normalized spacial score (nSPS) is 16.5. The summed E-state index contributed by atoms with van der Waals surface area (Å²) in [5, 5.41) is 6.10. The highest BCUT2D eigenvalue weighted by Crippen LogP contribution is 2.29. The number of hydrogen-bond acceptors (Lipinski definition) is 6. The van der Waals surface area contributed by atoms with Crippen molar-refractivity contribution in [3.05, 3.63) is 41.2 Å².